The van der Waals surface area contributed by atoms with Crippen molar-refractivity contribution in [3.05, 3.63) is 24.4 Å². The fraction of sp³-hybridized carbons (Fsp3) is 0.538. The van der Waals surface area contributed by atoms with Crippen molar-refractivity contribution in [2.75, 3.05) is 24.6 Å². The Kier molecular flexibility index (Phi) is 3.81. The minimum atomic E-state index is -1.33. The molecule has 18 heavy (non-hydrogen) atoms. The van der Waals surface area contributed by atoms with E-state index in [1.807, 2.05) is 18.2 Å². The molecule has 2 heterocycles. The van der Waals surface area contributed by atoms with Crippen molar-refractivity contribution in [1.82, 2.24) is 4.98 Å². The van der Waals surface area contributed by atoms with Crippen LogP contribution in [0.3, 0.4) is 0 Å². The highest BCUT2D eigenvalue weighted by Gasteiger charge is 2.40. The molecule has 0 amide bonds. The maximum atomic E-state index is 11.7. The van der Waals surface area contributed by atoms with Crippen molar-refractivity contribution in [2.24, 2.45) is 0 Å². The first kappa shape index (κ1) is 12.8. The topological polar surface area (TPSA) is 62.7 Å². The summed E-state index contributed by atoms with van der Waals surface area (Å²) in [5.74, 6) is 0.370. The molecule has 0 unspecified atom stereocenters. The van der Waals surface area contributed by atoms with E-state index < -0.39 is 11.6 Å². The normalized spacial score (nSPS) is 18.4. The molecule has 5 nitrogen and oxygen atoms in total. The second-order valence-electron chi connectivity index (χ2n) is 4.43. The molecule has 1 aromatic rings. The highest BCUT2D eigenvalue weighted by atomic mass is 16.5. The van der Waals surface area contributed by atoms with Gasteiger partial charge in [0.1, 0.15) is 5.82 Å². The van der Waals surface area contributed by atoms with E-state index in [2.05, 4.69) is 9.88 Å². The van der Waals surface area contributed by atoms with Crippen LogP contribution in [0.1, 0.15) is 19.8 Å². The van der Waals surface area contributed by atoms with Gasteiger partial charge in [-0.3, -0.25) is 0 Å². The highest BCUT2D eigenvalue weighted by Crippen LogP contribution is 2.26. The summed E-state index contributed by atoms with van der Waals surface area (Å²) in [4.78, 5) is 18.0. The molecule has 1 aliphatic rings. The van der Waals surface area contributed by atoms with Gasteiger partial charge >= 0.3 is 5.97 Å². The lowest BCUT2D eigenvalue weighted by Crippen LogP contribution is -2.50. The van der Waals surface area contributed by atoms with Crippen LogP contribution in [-0.2, 0) is 9.53 Å². The van der Waals surface area contributed by atoms with Gasteiger partial charge in [-0.15, -0.1) is 0 Å². The van der Waals surface area contributed by atoms with Gasteiger partial charge in [0.2, 0.25) is 0 Å². The van der Waals surface area contributed by atoms with Crippen molar-refractivity contribution < 1.29 is 14.6 Å². The average Bonchev–Trinajstić information content (AvgIpc) is 2.41. The Labute approximate surface area is 106 Å². The second kappa shape index (κ2) is 5.35. The molecule has 2 rings (SSSR count). The van der Waals surface area contributed by atoms with Gasteiger partial charge in [-0.2, -0.15) is 0 Å². The zero-order valence-corrected chi connectivity index (χ0v) is 10.5. The minimum Gasteiger partial charge on any atom is -0.464 e. The Hall–Kier alpha value is -1.62. The molecular weight excluding hydrogens is 232 g/mol. The van der Waals surface area contributed by atoms with Gasteiger partial charge in [-0.1, -0.05) is 6.07 Å². The molecule has 0 spiro atoms. The lowest BCUT2D eigenvalue weighted by atomic mass is 9.91. The van der Waals surface area contributed by atoms with E-state index in [1.54, 1.807) is 13.1 Å². The first-order valence-corrected chi connectivity index (χ1v) is 6.21. The largest absolute Gasteiger partial charge is 0.464 e. The predicted octanol–water partition coefficient (Wildman–Crippen LogP) is 0.976. The third kappa shape index (κ3) is 2.61. The first-order valence-electron chi connectivity index (χ1n) is 6.21. The van der Waals surface area contributed by atoms with Crippen molar-refractivity contribution in [3.63, 3.8) is 0 Å². The van der Waals surface area contributed by atoms with Crippen LogP contribution < -0.4 is 4.90 Å². The van der Waals surface area contributed by atoms with Crippen LogP contribution in [0, 0.1) is 0 Å². The number of piperidine rings is 1. The smallest absolute Gasteiger partial charge is 0.338 e. The number of aliphatic hydroxyl groups is 1. The third-order valence-electron chi connectivity index (χ3n) is 3.22. The number of hydrogen-bond donors (Lipinski definition) is 1. The molecule has 0 aliphatic carbocycles. The van der Waals surface area contributed by atoms with Crippen LogP contribution in [0.5, 0.6) is 0 Å². The Bertz CT molecular complexity index is 400. The number of anilines is 1. The minimum absolute atomic E-state index is 0.297. The van der Waals surface area contributed by atoms with E-state index in [4.69, 9.17) is 4.74 Å². The van der Waals surface area contributed by atoms with Crippen LogP contribution in [0.25, 0.3) is 0 Å². The first-order chi connectivity index (χ1) is 8.65. The fourth-order valence-electron chi connectivity index (χ4n) is 2.12. The number of carbonyl (C=O) groups is 1. The monoisotopic (exact) mass is 250 g/mol. The van der Waals surface area contributed by atoms with E-state index in [1.165, 1.54) is 0 Å². The molecular formula is C13H18N2O3. The van der Waals surface area contributed by atoms with Crippen LogP contribution >= 0.6 is 0 Å². The summed E-state index contributed by atoms with van der Waals surface area (Å²) in [6, 6.07) is 5.71. The summed E-state index contributed by atoms with van der Waals surface area (Å²) >= 11 is 0. The molecule has 0 bridgehead atoms. The SMILES string of the molecule is CCOC(=O)C1(O)CCN(c2ccccn2)CC1. The van der Waals surface area contributed by atoms with Gasteiger partial charge in [0, 0.05) is 32.1 Å². The number of nitrogens with zero attached hydrogens (tertiary/aromatic N) is 2. The Balaban J connectivity index is 1.97. The van der Waals surface area contributed by atoms with Crippen LogP contribution in [0.2, 0.25) is 0 Å². The lowest BCUT2D eigenvalue weighted by molar-refractivity contribution is -0.167. The van der Waals surface area contributed by atoms with Crippen molar-refractivity contribution in [2.45, 2.75) is 25.4 Å². The average molecular weight is 250 g/mol. The lowest BCUT2D eigenvalue weighted by Gasteiger charge is -2.36. The number of aromatic nitrogens is 1. The van der Waals surface area contributed by atoms with Gasteiger partial charge in [-0.05, 0) is 19.1 Å². The number of hydrogen-bond acceptors (Lipinski definition) is 5. The van der Waals surface area contributed by atoms with E-state index in [9.17, 15) is 9.90 Å². The van der Waals surface area contributed by atoms with Crippen LogP contribution in [0.15, 0.2) is 24.4 Å². The Morgan fingerprint density at radius 3 is 2.78 bits per heavy atom. The van der Waals surface area contributed by atoms with Gasteiger partial charge in [0.15, 0.2) is 5.60 Å². The molecule has 0 radical (unpaired) electrons. The molecule has 1 saturated heterocycles. The fourth-order valence-corrected chi connectivity index (χ4v) is 2.12. The number of pyridine rings is 1. The number of carbonyl (C=O) groups excluding carboxylic acids is 1. The van der Waals surface area contributed by atoms with Crippen molar-refractivity contribution in [1.29, 1.82) is 0 Å². The van der Waals surface area contributed by atoms with Gasteiger partial charge < -0.3 is 14.7 Å². The standard InChI is InChI=1S/C13H18N2O3/c1-2-18-12(16)13(17)6-9-15(10-7-13)11-5-3-4-8-14-11/h3-5,8,17H,2,6-7,9-10H2,1H3. The summed E-state index contributed by atoms with van der Waals surface area (Å²) in [7, 11) is 0. The summed E-state index contributed by atoms with van der Waals surface area (Å²) in [5.41, 5.74) is -1.33. The summed E-state index contributed by atoms with van der Waals surface area (Å²) in [6.45, 7) is 3.24. The predicted molar refractivity (Wildman–Crippen MR) is 67.3 cm³/mol. The summed E-state index contributed by atoms with van der Waals surface area (Å²) in [5, 5.41) is 10.2. The van der Waals surface area contributed by atoms with E-state index in [0.717, 1.165) is 5.82 Å². The zero-order chi connectivity index (χ0) is 13.0. The van der Waals surface area contributed by atoms with E-state index in [-0.39, 0.29) is 0 Å². The second-order valence-corrected chi connectivity index (χ2v) is 4.43. The molecule has 1 fully saturated rings. The number of ether oxygens (including phenoxy) is 1. The summed E-state index contributed by atoms with van der Waals surface area (Å²) in [6.07, 6.45) is 2.49. The molecule has 0 aromatic carbocycles. The number of esters is 1. The molecule has 1 aromatic heterocycles. The quantitative estimate of drug-likeness (QED) is 0.810. The molecule has 0 saturated carbocycles. The van der Waals surface area contributed by atoms with Crippen LogP contribution in [0.4, 0.5) is 5.82 Å². The van der Waals surface area contributed by atoms with Crippen LogP contribution in [-0.4, -0.2) is 41.4 Å². The van der Waals surface area contributed by atoms with E-state index in [0.29, 0.717) is 32.5 Å². The molecule has 1 N–H and O–H groups in total. The van der Waals surface area contributed by atoms with Crippen molar-refractivity contribution in [3.8, 4) is 0 Å². The van der Waals surface area contributed by atoms with Gasteiger partial charge in [0.25, 0.3) is 0 Å². The van der Waals surface area contributed by atoms with Gasteiger partial charge in [0.05, 0.1) is 6.61 Å². The molecule has 1 aliphatic heterocycles. The van der Waals surface area contributed by atoms with Gasteiger partial charge in [-0.25, -0.2) is 9.78 Å². The third-order valence-corrected chi connectivity index (χ3v) is 3.22. The summed E-state index contributed by atoms with van der Waals surface area (Å²) < 4.78 is 4.90. The molecule has 0 atom stereocenters. The van der Waals surface area contributed by atoms with E-state index >= 15 is 0 Å². The maximum Gasteiger partial charge on any atom is 0.338 e. The maximum absolute atomic E-state index is 11.7. The highest BCUT2D eigenvalue weighted by molar-refractivity contribution is 5.79. The molecule has 98 valence electrons. The van der Waals surface area contributed by atoms with Crippen molar-refractivity contribution >= 4 is 11.8 Å². The zero-order valence-electron chi connectivity index (χ0n) is 10.5. The molecule has 5 heteroatoms. The number of rotatable bonds is 3. The Morgan fingerprint density at radius 2 is 2.22 bits per heavy atom. The Morgan fingerprint density at radius 1 is 1.50 bits per heavy atom.